The fraction of sp³-hybridized carbons (Fsp3) is 0.621. The average Bonchev–Trinajstić information content (AvgIpc) is 3.48. The van der Waals surface area contributed by atoms with Crippen LogP contribution in [-0.4, -0.2) is 65.3 Å². The summed E-state index contributed by atoms with van der Waals surface area (Å²) in [4.78, 5) is 19.6. The van der Waals surface area contributed by atoms with Gasteiger partial charge in [-0.3, -0.25) is 4.90 Å². The average molecular weight is 665 g/mol. The Labute approximate surface area is 254 Å². The number of fused-ring (bicyclic) bond motifs is 2. The highest BCUT2D eigenvalue weighted by atomic mass is 79.9. The molecule has 2 aromatic heterocycles. The van der Waals surface area contributed by atoms with Gasteiger partial charge in [-0.15, -0.1) is 0 Å². The zero-order valence-electron chi connectivity index (χ0n) is 26.1. The number of hydrogen-bond donors (Lipinski definition) is 0. The Kier molecular flexibility index (Phi) is 9.59. The molecule has 1 aliphatic rings. The maximum atomic E-state index is 12.9. The highest BCUT2D eigenvalue weighted by Gasteiger charge is 2.34. The van der Waals surface area contributed by atoms with Gasteiger partial charge in [0.2, 0.25) is 0 Å². The minimum Gasteiger partial charge on any atom is -0.444 e. The van der Waals surface area contributed by atoms with Crippen LogP contribution in [0.5, 0.6) is 0 Å². The van der Waals surface area contributed by atoms with Crippen molar-refractivity contribution < 1.29 is 19.0 Å². The lowest BCUT2D eigenvalue weighted by Gasteiger charge is -2.24. The van der Waals surface area contributed by atoms with E-state index in [-0.39, 0.29) is 6.09 Å². The van der Waals surface area contributed by atoms with Gasteiger partial charge in [-0.25, -0.2) is 14.5 Å². The second kappa shape index (κ2) is 12.3. The first kappa shape index (κ1) is 31.9. The van der Waals surface area contributed by atoms with Crippen molar-refractivity contribution in [3.05, 3.63) is 34.1 Å². The Morgan fingerprint density at radius 1 is 0.976 bits per heavy atom. The van der Waals surface area contributed by atoms with Crippen molar-refractivity contribution >= 4 is 49.1 Å². The first-order valence-electron chi connectivity index (χ1n) is 14.4. The zero-order chi connectivity index (χ0) is 30.2. The second-order valence-corrected chi connectivity index (χ2v) is 26.5. The fourth-order valence-corrected chi connectivity index (χ4v) is 6.37. The Bertz CT molecular complexity index is 1380. The van der Waals surface area contributed by atoms with Crippen molar-refractivity contribution in [1.82, 2.24) is 24.2 Å². The van der Waals surface area contributed by atoms with E-state index in [2.05, 4.69) is 71.9 Å². The van der Waals surface area contributed by atoms with E-state index in [9.17, 15) is 4.79 Å². The number of benzene rings is 1. The van der Waals surface area contributed by atoms with E-state index in [1.165, 1.54) is 0 Å². The minimum absolute atomic E-state index is 0.335. The van der Waals surface area contributed by atoms with Gasteiger partial charge in [0.05, 0.1) is 30.0 Å². The predicted octanol–water partition coefficient (Wildman–Crippen LogP) is 7.54. The van der Waals surface area contributed by atoms with Gasteiger partial charge < -0.3 is 18.8 Å². The van der Waals surface area contributed by atoms with E-state index in [0.29, 0.717) is 33.2 Å². The molecule has 0 fully saturated rings. The van der Waals surface area contributed by atoms with Crippen molar-refractivity contribution in [2.45, 2.75) is 104 Å². The van der Waals surface area contributed by atoms with Gasteiger partial charge >= 0.3 is 6.09 Å². The smallest absolute Gasteiger partial charge is 0.410 e. The standard InChI is InChI=1S/C29H46BrN5O4Si2/c1-29(2,3)39-28(36)33-17-23-25(18-33)34(19-37-12-14-40(4,5)6)27(31-23)26-22-11-10-21(30)16-24(22)35(32-26)20-38-13-15-41(7,8)9/h10-11,16H,12-15,17-20H2,1-9H3. The number of rotatable bonds is 11. The third kappa shape index (κ3) is 8.53. The van der Waals surface area contributed by atoms with Gasteiger partial charge in [-0.2, -0.15) is 5.10 Å². The third-order valence-electron chi connectivity index (χ3n) is 6.84. The number of carbonyl (C=O) groups excluding carboxylic acids is 1. The normalized spacial score (nSPS) is 14.2. The van der Waals surface area contributed by atoms with Crippen LogP contribution in [0, 0.1) is 0 Å². The van der Waals surface area contributed by atoms with E-state index in [0.717, 1.165) is 57.0 Å². The number of ether oxygens (including phenoxy) is 3. The zero-order valence-corrected chi connectivity index (χ0v) is 29.7. The van der Waals surface area contributed by atoms with Crippen molar-refractivity contribution in [2.24, 2.45) is 0 Å². The molecule has 4 rings (SSSR count). The van der Waals surface area contributed by atoms with Gasteiger partial charge in [-0.05, 0) is 51.1 Å². The van der Waals surface area contributed by atoms with E-state index in [1.807, 2.05) is 31.5 Å². The summed E-state index contributed by atoms with van der Waals surface area (Å²) in [7, 11) is -2.44. The minimum atomic E-state index is -1.24. The molecule has 0 spiro atoms. The molecule has 0 radical (unpaired) electrons. The quantitative estimate of drug-likeness (QED) is 0.156. The molecule has 226 valence electrons. The van der Waals surface area contributed by atoms with Crippen molar-refractivity contribution in [1.29, 1.82) is 0 Å². The second-order valence-electron chi connectivity index (χ2n) is 14.3. The van der Waals surface area contributed by atoms with Crippen LogP contribution in [0.1, 0.15) is 32.2 Å². The van der Waals surface area contributed by atoms with Crippen LogP contribution in [0.3, 0.4) is 0 Å². The third-order valence-corrected chi connectivity index (χ3v) is 10.7. The molecule has 0 aliphatic carbocycles. The van der Waals surface area contributed by atoms with Crippen LogP contribution in [0.25, 0.3) is 22.4 Å². The number of imidazole rings is 1. The monoisotopic (exact) mass is 663 g/mol. The molecule has 9 nitrogen and oxygen atoms in total. The summed E-state index contributed by atoms with van der Waals surface area (Å²) in [5.74, 6) is 0.750. The van der Waals surface area contributed by atoms with Crippen molar-refractivity contribution in [3.8, 4) is 11.5 Å². The highest BCUT2D eigenvalue weighted by Crippen LogP contribution is 2.34. The van der Waals surface area contributed by atoms with Crippen LogP contribution in [0.15, 0.2) is 22.7 Å². The number of amides is 1. The number of halogens is 1. The van der Waals surface area contributed by atoms with Gasteiger partial charge in [-0.1, -0.05) is 55.2 Å². The maximum absolute atomic E-state index is 12.9. The molecule has 1 amide bonds. The Morgan fingerprint density at radius 3 is 2.22 bits per heavy atom. The molecule has 1 aromatic carbocycles. The SMILES string of the molecule is CC(C)(C)OC(=O)N1Cc2nc(-c3nn(COCC[Si](C)(C)C)c4cc(Br)ccc34)n(COCC[Si](C)(C)C)c2C1. The summed E-state index contributed by atoms with van der Waals surface area (Å²) >= 11 is 3.63. The number of nitrogens with zero attached hydrogens (tertiary/aromatic N) is 5. The lowest BCUT2D eigenvalue weighted by atomic mass is 10.2. The summed E-state index contributed by atoms with van der Waals surface area (Å²) in [6, 6.07) is 8.35. The van der Waals surface area contributed by atoms with Crippen molar-refractivity contribution in [2.75, 3.05) is 13.2 Å². The van der Waals surface area contributed by atoms with Crippen LogP contribution in [-0.2, 0) is 40.8 Å². The molecule has 41 heavy (non-hydrogen) atoms. The van der Waals surface area contributed by atoms with Gasteiger partial charge in [0.25, 0.3) is 0 Å². The Morgan fingerprint density at radius 2 is 1.61 bits per heavy atom. The number of carbonyl (C=O) groups is 1. The van der Waals surface area contributed by atoms with Crippen LogP contribution in [0.2, 0.25) is 51.4 Å². The van der Waals surface area contributed by atoms with E-state index in [4.69, 9.17) is 24.3 Å². The molecule has 0 atom stereocenters. The molecular weight excluding hydrogens is 618 g/mol. The lowest BCUT2D eigenvalue weighted by molar-refractivity contribution is 0.0232. The summed E-state index contributed by atoms with van der Waals surface area (Å²) < 4.78 is 22.9. The van der Waals surface area contributed by atoms with E-state index >= 15 is 0 Å². The Balaban J connectivity index is 1.66. The molecule has 3 heterocycles. The maximum Gasteiger partial charge on any atom is 0.410 e. The number of hydrogen-bond acceptors (Lipinski definition) is 6. The number of aromatic nitrogens is 4. The fourth-order valence-electron chi connectivity index (χ4n) is 4.51. The van der Waals surface area contributed by atoms with Crippen molar-refractivity contribution in [3.63, 3.8) is 0 Å². The molecule has 0 saturated carbocycles. The highest BCUT2D eigenvalue weighted by molar-refractivity contribution is 9.10. The van der Waals surface area contributed by atoms with Crippen LogP contribution < -0.4 is 0 Å². The van der Waals surface area contributed by atoms with Gasteiger partial charge in [0.1, 0.15) is 24.8 Å². The summed E-state index contributed by atoms with van der Waals surface area (Å²) in [5.41, 5.74) is 3.02. The molecule has 0 saturated heterocycles. The van der Waals surface area contributed by atoms with Crippen LogP contribution >= 0.6 is 15.9 Å². The molecule has 0 bridgehead atoms. The van der Waals surface area contributed by atoms with E-state index < -0.39 is 21.7 Å². The summed E-state index contributed by atoms with van der Waals surface area (Å²) in [6.45, 7) is 22.7. The van der Waals surface area contributed by atoms with Gasteiger partial charge in [0, 0.05) is 39.2 Å². The lowest BCUT2D eigenvalue weighted by Crippen LogP contribution is -2.34. The van der Waals surface area contributed by atoms with Crippen LogP contribution in [0.4, 0.5) is 4.79 Å². The Hall–Kier alpha value is -2.00. The largest absolute Gasteiger partial charge is 0.444 e. The summed E-state index contributed by atoms with van der Waals surface area (Å²) in [6.07, 6.45) is -0.335. The summed E-state index contributed by atoms with van der Waals surface area (Å²) in [5, 5.41) is 6.02. The van der Waals surface area contributed by atoms with Gasteiger partial charge in [0.15, 0.2) is 5.82 Å². The first-order chi connectivity index (χ1) is 19.0. The first-order valence-corrected chi connectivity index (χ1v) is 22.6. The molecule has 1 aliphatic heterocycles. The molecule has 0 N–H and O–H groups in total. The molecule has 12 heteroatoms. The molecule has 3 aromatic rings. The molecule has 0 unspecified atom stereocenters. The van der Waals surface area contributed by atoms with E-state index in [1.54, 1.807) is 4.90 Å². The molecular formula is C29H46BrN5O4Si2. The topological polar surface area (TPSA) is 83.6 Å². The predicted molar refractivity (Wildman–Crippen MR) is 172 cm³/mol.